The van der Waals surface area contributed by atoms with E-state index in [0.29, 0.717) is 29.4 Å². The van der Waals surface area contributed by atoms with Gasteiger partial charge in [0.25, 0.3) is 0 Å². The zero-order valence-corrected chi connectivity index (χ0v) is 16.9. The zero-order valence-electron chi connectivity index (χ0n) is 15.3. The number of nitrogens with one attached hydrogen (secondary N) is 1. The van der Waals surface area contributed by atoms with Crippen LogP contribution in [0.3, 0.4) is 0 Å². The van der Waals surface area contributed by atoms with Crippen molar-refractivity contribution in [3.05, 3.63) is 71.8 Å². The number of para-hydroxylation sites is 2. The third kappa shape index (κ3) is 3.81. The van der Waals surface area contributed by atoms with Crippen LogP contribution in [0.15, 0.2) is 76.5 Å². The van der Waals surface area contributed by atoms with Crippen molar-refractivity contribution in [2.24, 2.45) is 0 Å². The number of carbonyl (C=O) groups excluding carboxylic acids is 1. The molecular formula is C22H19ClN2O2S. The van der Waals surface area contributed by atoms with E-state index in [4.69, 9.17) is 16.3 Å². The van der Waals surface area contributed by atoms with E-state index in [1.807, 2.05) is 24.3 Å². The molecule has 0 fully saturated rings. The Hall–Kier alpha value is -2.63. The van der Waals surface area contributed by atoms with Crippen molar-refractivity contribution in [2.75, 3.05) is 23.9 Å². The Labute approximate surface area is 173 Å². The highest BCUT2D eigenvalue weighted by Gasteiger charge is 2.23. The molecule has 0 aliphatic carbocycles. The first kappa shape index (κ1) is 18.7. The van der Waals surface area contributed by atoms with E-state index in [9.17, 15) is 4.79 Å². The first-order chi connectivity index (χ1) is 13.7. The van der Waals surface area contributed by atoms with Crippen LogP contribution in [-0.4, -0.2) is 19.6 Å². The number of methoxy groups -OCH3 is 1. The van der Waals surface area contributed by atoms with Crippen molar-refractivity contribution < 1.29 is 9.53 Å². The van der Waals surface area contributed by atoms with Crippen LogP contribution in [0.25, 0.3) is 0 Å². The minimum Gasteiger partial charge on any atom is -0.495 e. The van der Waals surface area contributed by atoms with Gasteiger partial charge in [0, 0.05) is 28.4 Å². The molecule has 1 aliphatic heterocycles. The molecule has 0 radical (unpaired) electrons. The van der Waals surface area contributed by atoms with E-state index in [1.54, 1.807) is 37.1 Å². The molecule has 4 rings (SSSR count). The molecule has 142 valence electrons. The molecule has 0 aromatic heterocycles. The van der Waals surface area contributed by atoms with Gasteiger partial charge in [0.15, 0.2) is 0 Å². The summed E-state index contributed by atoms with van der Waals surface area (Å²) >= 11 is 7.90. The number of ether oxygens (including phenoxy) is 1. The zero-order chi connectivity index (χ0) is 19.5. The van der Waals surface area contributed by atoms with Gasteiger partial charge < -0.3 is 15.0 Å². The molecule has 1 amide bonds. The predicted molar refractivity (Wildman–Crippen MR) is 115 cm³/mol. The van der Waals surface area contributed by atoms with E-state index in [1.165, 1.54) is 9.79 Å². The maximum absolute atomic E-state index is 12.5. The molecule has 4 nitrogen and oxygen atoms in total. The van der Waals surface area contributed by atoms with E-state index < -0.39 is 0 Å². The van der Waals surface area contributed by atoms with Crippen molar-refractivity contribution in [3.8, 4) is 5.75 Å². The fraction of sp³-hybridized carbons (Fsp3) is 0.136. The van der Waals surface area contributed by atoms with Crippen LogP contribution in [0.1, 0.15) is 6.42 Å². The second-order valence-corrected chi connectivity index (χ2v) is 7.83. The first-order valence-corrected chi connectivity index (χ1v) is 10.1. The minimum absolute atomic E-state index is 0.0607. The molecule has 1 N–H and O–H groups in total. The van der Waals surface area contributed by atoms with Gasteiger partial charge in [-0.15, -0.1) is 0 Å². The molecule has 0 saturated heterocycles. The maximum Gasteiger partial charge on any atom is 0.226 e. The Morgan fingerprint density at radius 2 is 1.68 bits per heavy atom. The van der Waals surface area contributed by atoms with E-state index in [-0.39, 0.29) is 5.91 Å². The average Bonchev–Trinajstić information content (AvgIpc) is 2.71. The molecule has 1 aliphatic rings. The van der Waals surface area contributed by atoms with Crippen molar-refractivity contribution in [3.63, 3.8) is 0 Å². The van der Waals surface area contributed by atoms with Crippen LogP contribution in [0, 0.1) is 0 Å². The lowest BCUT2D eigenvalue weighted by atomic mass is 10.2. The van der Waals surface area contributed by atoms with Gasteiger partial charge in [0.05, 0.1) is 23.5 Å². The van der Waals surface area contributed by atoms with Gasteiger partial charge >= 0.3 is 0 Å². The van der Waals surface area contributed by atoms with Crippen LogP contribution >= 0.6 is 23.4 Å². The number of fused-ring (bicyclic) bond motifs is 2. The molecule has 3 aromatic carbocycles. The van der Waals surface area contributed by atoms with Gasteiger partial charge in [0.2, 0.25) is 5.91 Å². The van der Waals surface area contributed by atoms with E-state index in [0.717, 1.165) is 11.4 Å². The highest BCUT2D eigenvalue weighted by atomic mass is 35.5. The van der Waals surface area contributed by atoms with Crippen LogP contribution < -0.4 is 15.0 Å². The number of nitrogens with zero attached hydrogens (tertiary/aromatic N) is 1. The topological polar surface area (TPSA) is 41.6 Å². The Kier molecular flexibility index (Phi) is 5.46. The largest absolute Gasteiger partial charge is 0.495 e. The van der Waals surface area contributed by atoms with Crippen molar-refractivity contribution in [1.82, 2.24) is 0 Å². The Morgan fingerprint density at radius 3 is 2.29 bits per heavy atom. The van der Waals surface area contributed by atoms with Crippen molar-refractivity contribution >= 4 is 46.3 Å². The van der Waals surface area contributed by atoms with E-state index >= 15 is 0 Å². The number of anilines is 3. The summed E-state index contributed by atoms with van der Waals surface area (Å²) in [4.78, 5) is 17.1. The summed E-state index contributed by atoms with van der Waals surface area (Å²) in [5.41, 5.74) is 2.92. The summed E-state index contributed by atoms with van der Waals surface area (Å²) in [6.45, 7) is 0.588. The van der Waals surface area contributed by atoms with E-state index in [2.05, 4.69) is 34.5 Å². The number of amides is 1. The van der Waals surface area contributed by atoms with Gasteiger partial charge in [-0.25, -0.2) is 0 Å². The molecule has 28 heavy (non-hydrogen) atoms. The van der Waals surface area contributed by atoms with Gasteiger partial charge in [0.1, 0.15) is 5.75 Å². The Morgan fingerprint density at radius 1 is 1.04 bits per heavy atom. The van der Waals surface area contributed by atoms with Crippen LogP contribution in [0.4, 0.5) is 17.1 Å². The predicted octanol–water partition coefficient (Wildman–Crippen LogP) is 5.98. The molecule has 1 heterocycles. The third-order valence-electron chi connectivity index (χ3n) is 4.53. The SMILES string of the molecule is COc1ccc(NC(=O)CCN2c3ccccc3Sc3ccccc32)cc1Cl. The number of benzene rings is 3. The lowest BCUT2D eigenvalue weighted by Crippen LogP contribution is -2.25. The van der Waals surface area contributed by atoms with Gasteiger partial charge in [-0.1, -0.05) is 47.6 Å². The normalized spacial score (nSPS) is 12.1. The monoisotopic (exact) mass is 410 g/mol. The highest BCUT2D eigenvalue weighted by molar-refractivity contribution is 7.99. The fourth-order valence-corrected chi connectivity index (χ4v) is 4.56. The Balaban J connectivity index is 1.49. The number of halogens is 1. The molecule has 6 heteroatoms. The van der Waals surface area contributed by atoms with Crippen molar-refractivity contribution in [1.29, 1.82) is 0 Å². The molecule has 0 bridgehead atoms. The van der Waals surface area contributed by atoms with Crippen LogP contribution in [0.5, 0.6) is 5.75 Å². The summed E-state index contributed by atoms with van der Waals surface area (Å²) in [5.74, 6) is 0.521. The summed E-state index contributed by atoms with van der Waals surface area (Å²) < 4.78 is 5.15. The molecule has 0 spiro atoms. The van der Waals surface area contributed by atoms with Gasteiger partial charge in [-0.2, -0.15) is 0 Å². The summed E-state index contributed by atoms with van der Waals surface area (Å²) in [7, 11) is 1.56. The minimum atomic E-state index is -0.0607. The molecular weight excluding hydrogens is 392 g/mol. The number of hydrogen-bond acceptors (Lipinski definition) is 4. The molecule has 0 unspecified atom stereocenters. The second-order valence-electron chi connectivity index (χ2n) is 6.34. The summed E-state index contributed by atoms with van der Waals surface area (Å²) in [5, 5.41) is 3.38. The maximum atomic E-state index is 12.5. The average molecular weight is 411 g/mol. The second kappa shape index (κ2) is 8.17. The standard InChI is InChI=1S/C22H19ClN2O2S/c1-27-19-11-10-15(14-16(19)23)24-22(26)12-13-25-17-6-2-4-8-20(17)28-21-9-5-3-7-18(21)25/h2-11,14H,12-13H2,1H3,(H,24,26). The Bertz CT molecular complexity index is 979. The first-order valence-electron chi connectivity index (χ1n) is 8.92. The fourth-order valence-electron chi connectivity index (χ4n) is 3.20. The lowest BCUT2D eigenvalue weighted by Gasteiger charge is -2.32. The smallest absolute Gasteiger partial charge is 0.226 e. The number of hydrogen-bond donors (Lipinski definition) is 1. The summed E-state index contributed by atoms with van der Waals surface area (Å²) in [6.07, 6.45) is 0.358. The number of rotatable bonds is 5. The molecule has 0 atom stereocenters. The quantitative estimate of drug-likeness (QED) is 0.561. The highest BCUT2D eigenvalue weighted by Crippen LogP contribution is 2.47. The lowest BCUT2D eigenvalue weighted by molar-refractivity contribution is -0.116. The third-order valence-corrected chi connectivity index (χ3v) is 5.96. The van der Waals surface area contributed by atoms with Crippen LogP contribution in [0.2, 0.25) is 5.02 Å². The van der Waals surface area contributed by atoms with Gasteiger partial charge in [-0.05, 0) is 42.5 Å². The molecule has 3 aromatic rings. The molecule has 0 saturated carbocycles. The van der Waals surface area contributed by atoms with Crippen LogP contribution in [-0.2, 0) is 4.79 Å². The summed E-state index contributed by atoms with van der Waals surface area (Å²) in [6, 6.07) is 21.8. The van der Waals surface area contributed by atoms with Crippen molar-refractivity contribution in [2.45, 2.75) is 16.2 Å². The van der Waals surface area contributed by atoms with Gasteiger partial charge in [-0.3, -0.25) is 4.79 Å². The number of carbonyl (C=O) groups is 1.